The summed E-state index contributed by atoms with van der Waals surface area (Å²) < 4.78 is 1.17. The Labute approximate surface area is 189 Å². The van der Waals surface area contributed by atoms with Gasteiger partial charge in [-0.1, -0.05) is 0 Å². The van der Waals surface area contributed by atoms with Crippen molar-refractivity contribution in [2.75, 3.05) is 5.32 Å². The van der Waals surface area contributed by atoms with Gasteiger partial charge in [-0.3, -0.25) is 4.79 Å². The monoisotopic (exact) mass is 452 g/mol. The lowest BCUT2D eigenvalue weighted by Crippen LogP contribution is -2.20. The average Bonchev–Trinajstić information content (AvgIpc) is 3.56. The standard InChI is InChI=1S/C23H28N6O2S/c30-17-4-1-14(2-5-17)9-18-22-19(10-15(28-22)3-6-20-25-7-8-26-20)32-23(18)29-21(31)11-16-12-24-13-27-16/h7-8,10,12-14,17,28,30H,1-6,9,11H2,(H,24,27)(H,25,26)(H,29,31). The van der Waals surface area contributed by atoms with Gasteiger partial charge in [-0.2, -0.15) is 0 Å². The van der Waals surface area contributed by atoms with Crippen molar-refractivity contribution in [2.45, 2.75) is 57.5 Å². The number of carbonyl (C=O) groups is 1. The number of imidazole rings is 2. The predicted molar refractivity (Wildman–Crippen MR) is 125 cm³/mol. The number of amides is 1. The fourth-order valence-corrected chi connectivity index (χ4v) is 5.73. The number of thiophene rings is 1. The SMILES string of the molecule is O=C(Cc1cnc[nH]1)Nc1sc2cc(CCc3ncc[nH]3)[nH]c2c1CC1CCC(O)CC1. The number of hydrogen-bond acceptors (Lipinski definition) is 5. The van der Waals surface area contributed by atoms with Crippen LogP contribution in [0.5, 0.6) is 0 Å². The molecular formula is C23H28N6O2S. The number of aromatic nitrogens is 5. The molecule has 0 bridgehead atoms. The van der Waals surface area contributed by atoms with Gasteiger partial charge in [0, 0.05) is 42.0 Å². The van der Waals surface area contributed by atoms with Crippen LogP contribution in [0, 0.1) is 5.92 Å². The molecule has 1 aliphatic carbocycles. The Morgan fingerprint density at radius 3 is 2.81 bits per heavy atom. The second kappa shape index (κ2) is 9.30. The minimum Gasteiger partial charge on any atom is -0.393 e. The molecule has 0 spiro atoms. The first-order valence-electron chi connectivity index (χ1n) is 11.2. The molecule has 5 rings (SSSR count). The molecule has 0 aromatic carbocycles. The highest BCUT2D eigenvalue weighted by atomic mass is 32.1. The number of anilines is 1. The molecule has 0 atom stereocenters. The molecule has 4 heterocycles. The van der Waals surface area contributed by atoms with Crippen LogP contribution in [0.4, 0.5) is 5.00 Å². The summed E-state index contributed by atoms with van der Waals surface area (Å²) in [5.41, 5.74) is 4.30. The van der Waals surface area contributed by atoms with Crippen molar-refractivity contribution in [3.05, 3.63) is 53.8 Å². The molecule has 4 aromatic rings. The molecule has 1 fully saturated rings. The smallest absolute Gasteiger partial charge is 0.230 e. The van der Waals surface area contributed by atoms with Crippen LogP contribution < -0.4 is 5.32 Å². The number of nitrogens with zero attached hydrogens (tertiary/aromatic N) is 2. The summed E-state index contributed by atoms with van der Waals surface area (Å²) >= 11 is 1.64. The molecule has 1 amide bonds. The molecule has 0 unspecified atom stereocenters. The first-order chi connectivity index (χ1) is 15.6. The molecule has 0 aliphatic heterocycles. The maximum Gasteiger partial charge on any atom is 0.230 e. The van der Waals surface area contributed by atoms with Crippen LogP contribution in [0.3, 0.4) is 0 Å². The number of fused-ring (bicyclic) bond motifs is 1. The number of aliphatic hydroxyl groups is 1. The van der Waals surface area contributed by atoms with Crippen molar-refractivity contribution >= 4 is 32.5 Å². The van der Waals surface area contributed by atoms with E-state index in [1.165, 1.54) is 16.0 Å². The number of carbonyl (C=O) groups excluding carboxylic acids is 1. The molecule has 1 saturated carbocycles. The molecule has 32 heavy (non-hydrogen) atoms. The van der Waals surface area contributed by atoms with E-state index in [2.05, 4.69) is 36.3 Å². The maximum atomic E-state index is 12.7. The summed E-state index contributed by atoms with van der Waals surface area (Å²) in [5.74, 6) is 1.46. The van der Waals surface area contributed by atoms with E-state index in [1.54, 1.807) is 30.1 Å². The molecular weight excluding hydrogens is 424 g/mol. The summed E-state index contributed by atoms with van der Waals surface area (Å²) in [4.78, 5) is 30.7. The topological polar surface area (TPSA) is 122 Å². The number of aromatic amines is 3. The quantitative estimate of drug-likeness (QED) is 0.279. The Balaban J connectivity index is 1.36. The predicted octanol–water partition coefficient (Wildman–Crippen LogP) is 3.74. The van der Waals surface area contributed by atoms with Gasteiger partial charge in [0.2, 0.25) is 5.91 Å². The Bertz CT molecular complexity index is 1150. The normalized spacial score (nSPS) is 18.9. The van der Waals surface area contributed by atoms with Crippen LogP contribution in [0.1, 0.15) is 48.5 Å². The number of aliphatic hydroxyl groups excluding tert-OH is 1. The van der Waals surface area contributed by atoms with E-state index in [9.17, 15) is 9.90 Å². The lowest BCUT2D eigenvalue weighted by atomic mass is 9.83. The van der Waals surface area contributed by atoms with E-state index in [1.807, 2.05) is 6.20 Å². The number of rotatable bonds is 8. The van der Waals surface area contributed by atoms with E-state index in [0.29, 0.717) is 5.92 Å². The van der Waals surface area contributed by atoms with Crippen molar-refractivity contribution in [2.24, 2.45) is 5.92 Å². The van der Waals surface area contributed by atoms with Crippen LogP contribution in [-0.4, -0.2) is 42.0 Å². The zero-order chi connectivity index (χ0) is 21.9. The third kappa shape index (κ3) is 4.78. The minimum absolute atomic E-state index is 0.0449. The van der Waals surface area contributed by atoms with Gasteiger partial charge in [0.05, 0.1) is 29.1 Å². The number of nitrogens with one attached hydrogen (secondary N) is 4. The molecule has 5 N–H and O–H groups in total. The summed E-state index contributed by atoms with van der Waals surface area (Å²) in [5, 5.41) is 14.0. The van der Waals surface area contributed by atoms with Crippen molar-refractivity contribution in [1.82, 2.24) is 24.9 Å². The van der Waals surface area contributed by atoms with Gasteiger partial charge >= 0.3 is 0 Å². The Morgan fingerprint density at radius 1 is 1.19 bits per heavy atom. The fraction of sp³-hybridized carbons (Fsp3) is 0.435. The molecule has 168 valence electrons. The molecule has 1 aliphatic rings. The number of aryl methyl sites for hydroxylation is 2. The lowest BCUT2D eigenvalue weighted by Gasteiger charge is -2.25. The van der Waals surface area contributed by atoms with Gasteiger partial charge in [0.1, 0.15) is 10.8 Å². The third-order valence-electron chi connectivity index (χ3n) is 6.28. The van der Waals surface area contributed by atoms with E-state index in [-0.39, 0.29) is 18.4 Å². The van der Waals surface area contributed by atoms with Crippen LogP contribution in [0.15, 0.2) is 31.0 Å². The van der Waals surface area contributed by atoms with Gasteiger partial charge in [0.25, 0.3) is 0 Å². The largest absolute Gasteiger partial charge is 0.393 e. The third-order valence-corrected chi connectivity index (χ3v) is 7.37. The van der Waals surface area contributed by atoms with Gasteiger partial charge in [-0.15, -0.1) is 11.3 Å². The van der Waals surface area contributed by atoms with Gasteiger partial charge in [-0.25, -0.2) is 9.97 Å². The summed E-state index contributed by atoms with van der Waals surface area (Å²) in [6, 6.07) is 2.20. The fourth-order valence-electron chi connectivity index (χ4n) is 4.56. The first-order valence-corrected chi connectivity index (χ1v) is 12.0. The lowest BCUT2D eigenvalue weighted by molar-refractivity contribution is -0.115. The molecule has 4 aromatic heterocycles. The highest BCUT2D eigenvalue weighted by Gasteiger charge is 2.24. The van der Waals surface area contributed by atoms with Gasteiger partial charge < -0.3 is 25.4 Å². The molecule has 0 saturated heterocycles. The molecule has 9 heteroatoms. The van der Waals surface area contributed by atoms with Crippen LogP contribution >= 0.6 is 11.3 Å². The van der Waals surface area contributed by atoms with Gasteiger partial charge in [0.15, 0.2) is 0 Å². The molecule has 8 nitrogen and oxygen atoms in total. The van der Waals surface area contributed by atoms with Crippen LogP contribution in [0.2, 0.25) is 0 Å². The summed E-state index contributed by atoms with van der Waals surface area (Å²) in [6.07, 6.45) is 13.4. The average molecular weight is 453 g/mol. The number of hydrogen-bond donors (Lipinski definition) is 5. The van der Waals surface area contributed by atoms with Gasteiger partial charge in [-0.05, 0) is 50.5 Å². The number of H-pyrrole nitrogens is 3. The second-order valence-electron chi connectivity index (χ2n) is 8.66. The second-order valence-corrected chi connectivity index (χ2v) is 9.71. The van der Waals surface area contributed by atoms with Crippen molar-refractivity contribution < 1.29 is 9.90 Å². The van der Waals surface area contributed by atoms with Crippen LogP contribution in [0.25, 0.3) is 10.2 Å². The van der Waals surface area contributed by atoms with E-state index in [0.717, 1.165) is 67.0 Å². The Hall–Kier alpha value is -2.91. The van der Waals surface area contributed by atoms with Crippen molar-refractivity contribution in [3.8, 4) is 0 Å². The zero-order valence-electron chi connectivity index (χ0n) is 17.9. The summed E-state index contributed by atoms with van der Waals surface area (Å²) in [7, 11) is 0. The summed E-state index contributed by atoms with van der Waals surface area (Å²) in [6.45, 7) is 0. The molecule has 0 radical (unpaired) electrons. The maximum absolute atomic E-state index is 12.7. The van der Waals surface area contributed by atoms with E-state index in [4.69, 9.17) is 0 Å². The van der Waals surface area contributed by atoms with Crippen LogP contribution in [-0.2, 0) is 30.5 Å². The van der Waals surface area contributed by atoms with Crippen molar-refractivity contribution in [3.63, 3.8) is 0 Å². The Kier molecular flexibility index (Phi) is 6.09. The highest BCUT2D eigenvalue weighted by Crippen LogP contribution is 2.40. The van der Waals surface area contributed by atoms with Crippen molar-refractivity contribution in [1.29, 1.82) is 0 Å². The highest BCUT2D eigenvalue weighted by molar-refractivity contribution is 7.23. The minimum atomic E-state index is -0.166. The van der Waals surface area contributed by atoms with E-state index >= 15 is 0 Å². The zero-order valence-corrected chi connectivity index (χ0v) is 18.7. The van der Waals surface area contributed by atoms with E-state index < -0.39 is 0 Å². The Morgan fingerprint density at radius 2 is 2.06 bits per heavy atom. The first kappa shape index (κ1) is 21.0.